The minimum absolute atomic E-state index is 0.205. The highest BCUT2D eigenvalue weighted by molar-refractivity contribution is 6.42. The summed E-state index contributed by atoms with van der Waals surface area (Å²) in [4.78, 5) is 2.36. The summed E-state index contributed by atoms with van der Waals surface area (Å²) in [5, 5.41) is 4.76. The van der Waals surface area contributed by atoms with Crippen LogP contribution in [-0.2, 0) is 0 Å². The Labute approximate surface area is 127 Å². The van der Waals surface area contributed by atoms with E-state index in [-0.39, 0.29) is 6.04 Å². The molecular formula is C15H24Cl2N2. The maximum Gasteiger partial charge on any atom is 0.0639 e. The zero-order valence-electron chi connectivity index (χ0n) is 12.2. The summed E-state index contributed by atoms with van der Waals surface area (Å²) in [7, 11) is 2.16. The van der Waals surface area contributed by atoms with Crippen molar-refractivity contribution in [2.75, 3.05) is 20.1 Å². The zero-order valence-corrected chi connectivity index (χ0v) is 13.7. The molecule has 0 amide bonds. The van der Waals surface area contributed by atoms with Crippen LogP contribution in [0.4, 0.5) is 0 Å². The van der Waals surface area contributed by atoms with Gasteiger partial charge in [-0.1, -0.05) is 42.3 Å². The van der Waals surface area contributed by atoms with Crippen LogP contribution in [0.25, 0.3) is 0 Å². The molecule has 0 radical (unpaired) electrons. The maximum absolute atomic E-state index is 6.22. The lowest BCUT2D eigenvalue weighted by Crippen LogP contribution is -2.35. The third kappa shape index (κ3) is 4.96. The van der Waals surface area contributed by atoms with Gasteiger partial charge in [0.1, 0.15) is 0 Å². The van der Waals surface area contributed by atoms with Crippen molar-refractivity contribution in [3.63, 3.8) is 0 Å². The highest BCUT2D eigenvalue weighted by Crippen LogP contribution is 2.29. The van der Waals surface area contributed by atoms with Crippen LogP contribution in [0.15, 0.2) is 18.2 Å². The van der Waals surface area contributed by atoms with E-state index >= 15 is 0 Å². The molecule has 0 spiro atoms. The van der Waals surface area contributed by atoms with Gasteiger partial charge in [0, 0.05) is 25.2 Å². The standard InChI is InChI=1S/C15H24Cl2N2/c1-5-11(2)19(4)10-9-18-12(3)13-7-6-8-14(16)15(13)17/h6-8,11-12,18H,5,9-10H2,1-4H3. The lowest BCUT2D eigenvalue weighted by Gasteiger charge is -2.25. The largest absolute Gasteiger partial charge is 0.309 e. The molecular weight excluding hydrogens is 279 g/mol. The highest BCUT2D eigenvalue weighted by atomic mass is 35.5. The highest BCUT2D eigenvalue weighted by Gasteiger charge is 2.12. The van der Waals surface area contributed by atoms with Gasteiger partial charge in [-0.15, -0.1) is 0 Å². The fourth-order valence-electron chi connectivity index (χ4n) is 1.95. The first kappa shape index (κ1) is 16.8. The normalized spacial score (nSPS) is 14.7. The number of benzene rings is 1. The van der Waals surface area contributed by atoms with E-state index in [1.54, 1.807) is 0 Å². The molecule has 0 aliphatic rings. The smallest absolute Gasteiger partial charge is 0.0639 e. The van der Waals surface area contributed by atoms with Crippen LogP contribution in [0.5, 0.6) is 0 Å². The second-order valence-corrected chi connectivity index (χ2v) is 5.84. The summed E-state index contributed by atoms with van der Waals surface area (Å²) in [6.07, 6.45) is 1.17. The van der Waals surface area contributed by atoms with Crippen LogP contribution in [0.2, 0.25) is 10.0 Å². The number of nitrogens with zero attached hydrogens (tertiary/aromatic N) is 1. The van der Waals surface area contributed by atoms with Crippen molar-refractivity contribution in [2.45, 2.75) is 39.3 Å². The average molecular weight is 303 g/mol. The van der Waals surface area contributed by atoms with Gasteiger partial charge >= 0.3 is 0 Å². The van der Waals surface area contributed by atoms with Crippen molar-refractivity contribution >= 4 is 23.2 Å². The Morgan fingerprint density at radius 2 is 1.95 bits per heavy atom. The topological polar surface area (TPSA) is 15.3 Å². The van der Waals surface area contributed by atoms with Gasteiger partial charge in [0.05, 0.1) is 10.0 Å². The Kier molecular flexibility index (Phi) is 7.16. The Morgan fingerprint density at radius 3 is 2.58 bits per heavy atom. The molecule has 0 bridgehead atoms. The molecule has 1 aromatic carbocycles. The van der Waals surface area contributed by atoms with Gasteiger partial charge < -0.3 is 10.2 Å². The lowest BCUT2D eigenvalue weighted by molar-refractivity contribution is 0.249. The molecule has 0 saturated carbocycles. The molecule has 2 unspecified atom stereocenters. The van der Waals surface area contributed by atoms with Crippen molar-refractivity contribution < 1.29 is 0 Å². The quantitative estimate of drug-likeness (QED) is 0.804. The first-order valence-electron chi connectivity index (χ1n) is 6.84. The number of rotatable bonds is 7. The van der Waals surface area contributed by atoms with Crippen molar-refractivity contribution in [3.05, 3.63) is 33.8 Å². The van der Waals surface area contributed by atoms with Crippen LogP contribution in [0, 0.1) is 0 Å². The molecule has 0 aliphatic carbocycles. The Bertz CT molecular complexity index is 396. The van der Waals surface area contributed by atoms with Gasteiger partial charge in [-0.2, -0.15) is 0 Å². The van der Waals surface area contributed by atoms with Gasteiger partial charge in [0.15, 0.2) is 0 Å². The summed E-state index contributed by atoms with van der Waals surface area (Å²) in [5.41, 5.74) is 1.06. The molecule has 1 aromatic rings. The lowest BCUT2D eigenvalue weighted by atomic mass is 10.1. The van der Waals surface area contributed by atoms with E-state index in [0.29, 0.717) is 16.1 Å². The van der Waals surface area contributed by atoms with Gasteiger partial charge in [-0.25, -0.2) is 0 Å². The molecule has 1 rings (SSSR count). The third-order valence-corrected chi connectivity index (χ3v) is 4.54. The van der Waals surface area contributed by atoms with Gasteiger partial charge in [-0.05, 0) is 38.9 Å². The molecule has 0 saturated heterocycles. The summed E-state index contributed by atoms with van der Waals surface area (Å²) in [6, 6.07) is 6.59. The summed E-state index contributed by atoms with van der Waals surface area (Å²) in [6.45, 7) is 8.53. The van der Waals surface area contributed by atoms with E-state index in [2.05, 4.69) is 38.0 Å². The molecule has 4 heteroatoms. The Morgan fingerprint density at radius 1 is 1.26 bits per heavy atom. The first-order chi connectivity index (χ1) is 8.97. The van der Waals surface area contributed by atoms with E-state index in [9.17, 15) is 0 Å². The number of nitrogens with one attached hydrogen (secondary N) is 1. The first-order valence-corrected chi connectivity index (χ1v) is 7.60. The molecule has 2 atom stereocenters. The molecule has 0 fully saturated rings. The second-order valence-electron chi connectivity index (χ2n) is 5.06. The summed E-state index contributed by atoms with van der Waals surface area (Å²) in [5.74, 6) is 0. The van der Waals surface area contributed by atoms with Crippen LogP contribution in [0.3, 0.4) is 0 Å². The third-order valence-electron chi connectivity index (χ3n) is 3.71. The predicted octanol–water partition coefficient (Wildman–Crippen LogP) is 4.37. The summed E-state index contributed by atoms with van der Waals surface area (Å²) < 4.78 is 0. The van der Waals surface area contributed by atoms with E-state index < -0.39 is 0 Å². The van der Waals surface area contributed by atoms with Crippen molar-refractivity contribution in [2.24, 2.45) is 0 Å². The Balaban J connectivity index is 2.47. The SMILES string of the molecule is CCC(C)N(C)CCNC(C)c1cccc(Cl)c1Cl. The number of hydrogen-bond acceptors (Lipinski definition) is 2. The van der Waals surface area contributed by atoms with Crippen molar-refractivity contribution in [1.82, 2.24) is 10.2 Å². The second kappa shape index (κ2) is 8.11. The maximum atomic E-state index is 6.22. The molecule has 0 heterocycles. The fourth-order valence-corrected chi connectivity index (χ4v) is 2.43. The average Bonchev–Trinajstić information content (AvgIpc) is 2.40. The molecule has 0 aliphatic heterocycles. The molecule has 108 valence electrons. The van der Waals surface area contributed by atoms with Crippen LogP contribution >= 0.6 is 23.2 Å². The fraction of sp³-hybridized carbons (Fsp3) is 0.600. The monoisotopic (exact) mass is 302 g/mol. The molecule has 0 aromatic heterocycles. The van der Waals surface area contributed by atoms with Gasteiger partial charge in [0.25, 0.3) is 0 Å². The minimum Gasteiger partial charge on any atom is -0.309 e. The minimum atomic E-state index is 0.205. The van der Waals surface area contributed by atoms with E-state index in [1.807, 2.05) is 18.2 Å². The van der Waals surface area contributed by atoms with E-state index in [0.717, 1.165) is 18.7 Å². The van der Waals surface area contributed by atoms with Crippen LogP contribution in [-0.4, -0.2) is 31.1 Å². The molecule has 2 nitrogen and oxygen atoms in total. The Hall–Kier alpha value is -0.280. The number of hydrogen-bond donors (Lipinski definition) is 1. The van der Waals surface area contributed by atoms with Crippen LogP contribution < -0.4 is 5.32 Å². The van der Waals surface area contributed by atoms with Crippen molar-refractivity contribution in [3.8, 4) is 0 Å². The molecule has 1 N–H and O–H groups in total. The van der Waals surface area contributed by atoms with Crippen LogP contribution in [0.1, 0.15) is 38.8 Å². The van der Waals surface area contributed by atoms with Gasteiger partial charge in [0.2, 0.25) is 0 Å². The van der Waals surface area contributed by atoms with E-state index in [4.69, 9.17) is 23.2 Å². The van der Waals surface area contributed by atoms with Gasteiger partial charge in [-0.3, -0.25) is 0 Å². The zero-order chi connectivity index (χ0) is 14.4. The molecule has 19 heavy (non-hydrogen) atoms. The van der Waals surface area contributed by atoms with E-state index in [1.165, 1.54) is 6.42 Å². The number of likely N-dealkylation sites (N-methyl/N-ethyl adjacent to an activating group) is 1. The number of halogens is 2. The summed E-state index contributed by atoms with van der Waals surface area (Å²) >= 11 is 12.3. The van der Waals surface area contributed by atoms with Crippen molar-refractivity contribution in [1.29, 1.82) is 0 Å². The predicted molar refractivity (Wildman–Crippen MR) is 85.3 cm³/mol.